The van der Waals surface area contributed by atoms with Gasteiger partial charge in [0.15, 0.2) is 0 Å². The van der Waals surface area contributed by atoms with Crippen molar-refractivity contribution in [3.8, 4) is 5.75 Å². The summed E-state index contributed by atoms with van der Waals surface area (Å²) in [6.07, 6.45) is 2.04. The Hall–Kier alpha value is -1.02. The second-order valence-corrected chi connectivity index (χ2v) is 6.54. The zero-order valence-corrected chi connectivity index (χ0v) is 14.7. The molecule has 0 heterocycles. The molecule has 21 heavy (non-hydrogen) atoms. The summed E-state index contributed by atoms with van der Waals surface area (Å²) in [6, 6.07) is 3.55. The molecule has 2 amide bonds. The van der Waals surface area contributed by atoms with E-state index in [0.29, 0.717) is 16.3 Å². The first-order chi connectivity index (χ1) is 9.92. The van der Waals surface area contributed by atoms with Gasteiger partial charge in [0.1, 0.15) is 5.75 Å². The number of likely N-dealkylation sites (N-methyl/N-ethyl adjacent to an activating group) is 1. The minimum atomic E-state index is -0.295. The fraction of sp³-hybridized carbons (Fsp3) is 0.429. The number of hydrogen-bond donors (Lipinski definition) is 1. The molecule has 1 aromatic carbocycles. The lowest BCUT2D eigenvalue weighted by molar-refractivity contribution is -0.121. The average Bonchev–Trinajstić information content (AvgIpc) is 3.24. The molecule has 1 N–H and O–H groups in total. The molecule has 0 bridgehead atoms. The highest BCUT2D eigenvalue weighted by molar-refractivity contribution is 14.1. The van der Waals surface area contributed by atoms with Crippen molar-refractivity contribution in [2.45, 2.75) is 18.9 Å². The largest absolute Gasteiger partial charge is 0.496 e. The third-order valence-electron chi connectivity index (χ3n) is 3.14. The van der Waals surface area contributed by atoms with E-state index in [9.17, 15) is 9.59 Å². The molecule has 5 nitrogen and oxygen atoms in total. The van der Waals surface area contributed by atoms with Crippen molar-refractivity contribution in [3.05, 3.63) is 26.3 Å². The normalized spacial score (nSPS) is 13.7. The molecule has 1 aliphatic rings. The summed E-state index contributed by atoms with van der Waals surface area (Å²) in [6.45, 7) is 0.0160. The van der Waals surface area contributed by atoms with Crippen LogP contribution in [0.15, 0.2) is 12.1 Å². The maximum absolute atomic E-state index is 12.4. The number of nitrogens with one attached hydrogen (secondary N) is 1. The summed E-state index contributed by atoms with van der Waals surface area (Å²) in [4.78, 5) is 25.5. The fourth-order valence-corrected chi connectivity index (χ4v) is 2.46. The summed E-state index contributed by atoms with van der Waals surface area (Å²) in [5.74, 6) is 0.00303. The standard InChI is InChI=1S/C14H16ClIN2O3/c1-18(7-13(19)17-8-3-4-8)14(20)9-5-10(15)11(16)6-12(9)21-2/h5-6,8H,3-4,7H2,1-2H3,(H,17,19). The number of ether oxygens (including phenoxy) is 1. The van der Waals surface area contributed by atoms with Gasteiger partial charge in [-0.3, -0.25) is 9.59 Å². The summed E-state index contributed by atoms with van der Waals surface area (Å²) in [5.41, 5.74) is 0.352. The van der Waals surface area contributed by atoms with E-state index < -0.39 is 0 Å². The minimum absolute atomic E-state index is 0.0160. The Morgan fingerprint density at radius 1 is 1.48 bits per heavy atom. The van der Waals surface area contributed by atoms with Crippen LogP contribution in [0.3, 0.4) is 0 Å². The van der Waals surface area contributed by atoms with E-state index in [4.69, 9.17) is 16.3 Å². The second-order valence-electron chi connectivity index (χ2n) is 4.97. The first-order valence-corrected chi connectivity index (χ1v) is 7.96. The van der Waals surface area contributed by atoms with E-state index in [2.05, 4.69) is 27.9 Å². The van der Waals surface area contributed by atoms with Crippen molar-refractivity contribution in [1.82, 2.24) is 10.2 Å². The summed E-state index contributed by atoms with van der Waals surface area (Å²) < 4.78 is 6.02. The van der Waals surface area contributed by atoms with Gasteiger partial charge >= 0.3 is 0 Å². The number of rotatable bonds is 5. The van der Waals surface area contributed by atoms with E-state index in [1.54, 1.807) is 19.2 Å². The van der Waals surface area contributed by atoms with E-state index in [-0.39, 0.29) is 24.4 Å². The van der Waals surface area contributed by atoms with Gasteiger partial charge in [-0.2, -0.15) is 0 Å². The van der Waals surface area contributed by atoms with Gasteiger partial charge in [0.05, 0.1) is 24.2 Å². The highest BCUT2D eigenvalue weighted by atomic mass is 127. The van der Waals surface area contributed by atoms with Gasteiger partial charge in [-0.25, -0.2) is 0 Å². The number of halogens is 2. The molecule has 1 aromatic rings. The van der Waals surface area contributed by atoms with Crippen LogP contribution in [0, 0.1) is 3.57 Å². The van der Waals surface area contributed by atoms with Gasteiger partial charge in [0.25, 0.3) is 5.91 Å². The molecular weight excluding hydrogens is 407 g/mol. The number of hydrogen-bond acceptors (Lipinski definition) is 3. The lowest BCUT2D eigenvalue weighted by Gasteiger charge is -2.18. The van der Waals surface area contributed by atoms with Crippen LogP contribution in [-0.4, -0.2) is 43.5 Å². The van der Waals surface area contributed by atoms with Crippen LogP contribution in [0.5, 0.6) is 5.75 Å². The Bertz CT molecular complexity index is 576. The van der Waals surface area contributed by atoms with E-state index >= 15 is 0 Å². The van der Waals surface area contributed by atoms with Crippen molar-refractivity contribution >= 4 is 46.0 Å². The predicted molar refractivity (Wildman–Crippen MR) is 88.8 cm³/mol. The first kappa shape index (κ1) is 16.4. The molecule has 1 saturated carbocycles. The van der Waals surface area contributed by atoms with Crippen LogP contribution in [0.1, 0.15) is 23.2 Å². The molecule has 0 aromatic heterocycles. The van der Waals surface area contributed by atoms with Gasteiger partial charge in [-0.05, 0) is 47.6 Å². The van der Waals surface area contributed by atoms with Gasteiger partial charge < -0.3 is 15.0 Å². The molecule has 0 unspecified atom stereocenters. The minimum Gasteiger partial charge on any atom is -0.496 e. The van der Waals surface area contributed by atoms with Gasteiger partial charge in [0, 0.05) is 16.7 Å². The molecule has 114 valence electrons. The smallest absolute Gasteiger partial charge is 0.257 e. The van der Waals surface area contributed by atoms with Crippen LogP contribution in [0.4, 0.5) is 0 Å². The third-order valence-corrected chi connectivity index (χ3v) is 4.67. The van der Waals surface area contributed by atoms with Crippen molar-refractivity contribution in [1.29, 1.82) is 0 Å². The van der Waals surface area contributed by atoms with Crippen LogP contribution in [0.25, 0.3) is 0 Å². The highest BCUT2D eigenvalue weighted by Crippen LogP contribution is 2.29. The quantitative estimate of drug-likeness (QED) is 0.741. The van der Waals surface area contributed by atoms with Crippen LogP contribution in [-0.2, 0) is 4.79 Å². The summed E-state index contributed by atoms with van der Waals surface area (Å²) in [5, 5.41) is 3.33. The number of carbonyl (C=O) groups is 2. The van der Waals surface area contributed by atoms with Crippen molar-refractivity contribution in [2.75, 3.05) is 20.7 Å². The molecule has 0 spiro atoms. The maximum Gasteiger partial charge on any atom is 0.257 e. The second kappa shape index (κ2) is 6.83. The Morgan fingerprint density at radius 3 is 2.71 bits per heavy atom. The van der Waals surface area contributed by atoms with Crippen molar-refractivity contribution in [3.63, 3.8) is 0 Å². The Morgan fingerprint density at radius 2 is 2.14 bits per heavy atom. The van der Waals surface area contributed by atoms with Crippen LogP contribution < -0.4 is 10.1 Å². The number of carbonyl (C=O) groups excluding carboxylic acids is 2. The highest BCUT2D eigenvalue weighted by Gasteiger charge is 2.25. The Balaban J connectivity index is 2.10. The van der Waals surface area contributed by atoms with Crippen LogP contribution in [0.2, 0.25) is 5.02 Å². The number of nitrogens with zero attached hydrogens (tertiary/aromatic N) is 1. The van der Waals surface area contributed by atoms with Gasteiger partial charge in [-0.15, -0.1) is 0 Å². The molecule has 1 aliphatic carbocycles. The average molecular weight is 423 g/mol. The van der Waals surface area contributed by atoms with E-state index in [1.165, 1.54) is 12.0 Å². The molecular formula is C14H16ClIN2O3. The number of methoxy groups -OCH3 is 1. The summed E-state index contributed by atoms with van der Waals surface area (Å²) >= 11 is 8.13. The van der Waals surface area contributed by atoms with E-state index in [1.807, 2.05) is 0 Å². The Labute approximate surface area is 142 Å². The molecule has 0 aliphatic heterocycles. The van der Waals surface area contributed by atoms with Gasteiger partial charge in [-0.1, -0.05) is 11.6 Å². The number of amides is 2. The van der Waals surface area contributed by atoms with Crippen LogP contribution >= 0.6 is 34.2 Å². The molecule has 1 fully saturated rings. The molecule has 7 heteroatoms. The lowest BCUT2D eigenvalue weighted by Crippen LogP contribution is -2.39. The molecule has 0 atom stereocenters. The fourth-order valence-electron chi connectivity index (χ4n) is 1.86. The topological polar surface area (TPSA) is 58.6 Å². The molecule has 0 saturated heterocycles. The zero-order chi connectivity index (χ0) is 15.6. The third kappa shape index (κ3) is 4.23. The summed E-state index contributed by atoms with van der Waals surface area (Å²) in [7, 11) is 3.08. The predicted octanol–water partition coefficient (Wildman–Crippen LogP) is 2.30. The molecule has 0 radical (unpaired) electrons. The molecule has 2 rings (SSSR count). The SMILES string of the molecule is COc1cc(I)c(Cl)cc1C(=O)N(C)CC(=O)NC1CC1. The first-order valence-electron chi connectivity index (χ1n) is 6.50. The van der Waals surface area contributed by atoms with Gasteiger partial charge in [0.2, 0.25) is 5.91 Å². The van der Waals surface area contributed by atoms with Crippen molar-refractivity contribution in [2.24, 2.45) is 0 Å². The zero-order valence-electron chi connectivity index (χ0n) is 11.8. The van der Waals surface area contributed by atoms with E-state index in [0.717, 1.165) is 16.4 Å². The monoisotopic (exact) mass is 422 g/mol. The maximum atomic E-state index is 12.4. The lowest BCUT2D eigenvalue weighted by atomic mass is 10.1. The number of benzene rings is 1. The van der Waals surface area contributed by atoms with Crippen molar-refractivity contribution < 1.29 is 14.3 Å². The Kier molecular flexibility index (Phi) is 5.32.